The first-order valence-electron chi connectivity index (χ1n) is 8.16. The predicted octanol–water partition coefficient (Wildman–Crippen LogP) is 2.93. The maximum Gasteiger partial charge on any atom is 0.293 e. The Morgan fingerprint density at radius 1 is 1.14 bits per heavy atom. The number of rotatable bonds is 6. The highest BCUT2D eigenvalue weighted by Gasteiger charge is 2.26. The minimum Gasteiger partial charge on any atom is -0.497 e. The number of methoxy groups -OCH3 is 1. The summed E-state index contributed by atoms with van der Waals surface area (Å²) in [5, 5.41) is 10.2. The summed E-state index contributed by atoms with van der Waals surface area (Å²) in [6.45, 7) is 1.88. The summed E-state index contributed by atoms with van der Waals surface area (Å²) in [5.41, 5.74) is 1.80. The molecule has 2 aromatic carbocycles. The number of amides is 1. The number of aromatic nitrogens is 2. The Morgan fingerprint density at radius 3 is 2.61 bits per heavy atom. The van der Waals surface area contributed by atoms with Crippen LogP contribution in [0.4, 0.5) is 10.8 Å². The summed E-state index contributed by atoms with van der Waals surface area (Å²) in [7, 11) is -0.944. The average molecular weight is 419 g/mol. The first-order chi connectivity index (χ1) is 13.3. The van der Waals surface area contributed by atoms with Crippen LogP contribution in [-0.4, -0.2) is 38.7 Å². The number of nitrogens with one attached hydrogen (secondary N) is 1. The fourth-order valence-corrected chi connectivity index (χ4v) is 4.61. The van der Waals surface area contributed by atoms with Crippen LogP contribution in [-0.2, 0) is 10.0 Å². The fraction of sp³-hybridized carbons (Fsp3) is 0.167. The third-order valence-corrected chi connectivity index (χ3v) is 6.88. The number of benzene rings is 2. The maximum absolute atomic E-state index is 12.8. The van der Waals surface area contributed by atoms with Crippen LogP contribution in [0, 0.1) is 6.92 Å². The number of carbonyl (C=O) groups excluding carboxylic acids is 1. The zero-order valence-electron chi connectivity index (χ0n) is 15.4. The molecular weight excluding hydrogens is 400 g/mol. The summed E-state index contributed by atoms with van der Waals surface area (Å²) in [6.07, 6.45) is 0. The van der Waals surface area contributed by atoms with Gasteiger partial charge >= 0.3 is 0 Å². The Balaban J connectivity index is 1.80. The van der Waals surface area contributed by atoms with Crippen molar-refractivity contribution in [2.45, 2.75) is 11.3 Å². The SMILES string of the molecule is COc1cccc(C(=O)Nc2nnc(S(=O)(=O)N(C)c3cccc(C)c3)s2)c1. The van der Waals surface area contributed by atoms with Gasteiger partial charge in [0.1, 0.15) is 5.75 Å². The third-order valence-electron chi connectivity index (χ3n) is 3.91. The zero-order chi connectivity index (χ0) is 20.3. The van der Waals surface area contributed by atoms with Gasteiger partial charge in [0.05, 0.1) is 12.8 Å². The van der Waals surface area contributed by atoms with Crippen molar-refractivity contribution in [1.29, 1.82) is 0 Å². The number of anilines is 2. The van der Waals surface area contributed by atoms with Crippen molar-refractivity contribution in [1.82, 2.24) is 10.2 Å². The number of carbonyl (C=O) groups is 1. The van der Waals surface area contributed by atoms with Crippen LogP contribution in [0.1, 0.15) is 15.9 Å². The smallest absolute Gasteiger partial charge is 0.293 e. The molecule has 3 aromatic rings. The third kappa shape index (κ3) is 4.12. The van der Waals surface area contributed by atoms with E-state index in [1.54, 1.807) is 42.5 Å². The lowest BCUT2D eigenvalue weighted by molar-refractivity contribution is 0.102. The standard InChI is InChI=1S/C18H18N4O4S2/c1-12-6-4-8-14(10-12)22(2)28(24,25)18-21-20-17(27-18)19-16(23)13-7-5-9-15(11-13)26-3/h4-11H,1-3H3,(H,19,20,23). The summed E-state index contributed by atoms with van der Waals surface area (Å²) >= 11 is 0.785. The molecule has 1 aromatic heterocycles. The molecule has 0 aliphatic heterocycles. The van der Waals surface area contributed by atoms with E-state index in [0.29, 0.717) is 17.0 Å². The predicted molar refractivity (Wildman–Crippen MR) is 108 cm³/mol. The van der Waals surface area contributed by atoms with Crippen molar-refractivity contribution < 1.29 is 17.9 Å². The number of hydrogen-bond donors (Lipinski definition) is 1. The van der Waals surface area contributed by atoms with Gasteiger partial charge in [-0.2, -0.15) is 8.42 Å². The van der Waals surface area contributed by atoms with Crippen molar-refractivity contribution in [3.8, 4) is 5.75 Å². The molecule has 0 saturated heterocycles. The minimum absolute atomic E-state index is 0.0871. The number of nitrogens with zero attached hydrogens (tertiary/aromatic N) is 3. The van der Waals surface area contributed by atoms with E-state index in [1.807, 2.05) is 13.0 Å². The lowest BCUT2D eigenvalue weighted by Crippen LogP contribution is -2.26. The minimum atomic E-state index is -3.89. The second kappa shape index (κ2) is 7.95. The molecule has 0 spiro atoms. The molecule has 0 radical (unpaired) electrons. The molecule has 0 atom stereocenters. The fourth-order valence-electron chi connectivity index (χ4n) is 2.38. The molecule has 8 nitrogen and oxygen atoms in total. The summed E-state index contributed by atoms with van der Waals surface area (Å²) < 4.78 is 31.6. The Hall–Kier alpha value is -2.98. The second-order valence-electron chi connectivity index (χ2n) is 5.87. The van der Waals surface area contributed by atoms with E-state index in [9.17, 15) is 13.2 Å². The molecule has 0 bridgehead atoms. The zero-order valence-corrected chi connectivity index (χ0v) is 17.0. The normalized spacial score (nSPS) is 11.1. The lowest BCUT2D eigenvalue weighted by Gasteiger charge is -2.17. The van der Waals surface area contributed by atoms with Gasteiger partial charge in [-0.1, -0.05) is 29.5 Å². The highest BCUT2D eigenvalue weighted by Crippen LogP contribution is 2.27. The lowest BCUT2D eigenvalue weighted by atomic mass is 10.2. The highest BCUT2D eigenvalue weighted by molar-refractivity contribution is 7.94. The van der Waals surface area contributed by atoms with E-state index in [2.05, 4.69) is 15.5 Å². The van der Waals surface area contributed by atoms with E-state index in [-0.39, 0.29) is 9.47 Å². The molecule has 28 heavy (non-hydrogen) atoms. The number of hydrogen-bond acceptors (Lipinski definition) is 7. The highest BCUT2D eigenvalue weighted by atomic mass is 32.2. The second-order valence-corrected chi connectivity index (χ2v) is 8.99. The Kier molecular flexibility index (Phi) is 5.61. The number of sulfonamides is 1. The molecule has 1 amide bonds. The number of aryl methyl sites for hydroxylation is 1. The Labute approximate surface area is 166 Å². The molecular formula is C18H18N4O4S2. The largest absolute Gasteiger partial charge is 0.497 e. The van der Waals surface area contributed by atoms with E-state index < -0.39 is 15.9 Å². The molecule has 0 fully saturated rings. The van der Waals surface area contributed by atoms with Crippen LogP contribution >= 0.6 is 11.3 Å². The maximum atomic E-state index is 12.8. The van der Waals surface area contributed by atoms with Gasteiger partial charge < -0.3 is 4.74 Å². The quantitative estimate of drug-likeness (QED) is 0.618. The molecule has 0 aliphatic rings. The molecule has 10 heteroatoms. The Bertz CT molecular complexity index is 1110. The van der Waals surface area contributed by atoms with Gasteiger partial charge in [-0.15, -0.1) is 10.2 Å². The van der Waals surface area contributed by atoms with Crippen LogP contribution in [0.5, 0.6) is 5.75 Å². The van der Waals surface area contributed by atoms with E-state index in [4.69, 9.17) is 4.74 Å². The molecule has 0 saturated carbocycles. The topological polar surface area (TPSA) is 101 Å². The van der Waals surface area contributed by atoms with Gasteiger partial charge in [0.2, 0.25) is 5.13 Å². The van der Waals surface area contributed by atoms with Crippen molar-refractivity contribution in [2.24, 2.45) is 0 Å². The van der Waals surface area contributed by atoms with Crippen molar-refractivity contribution in [3.05, 3.63) is 59.7 Å². The van der Waals surface area contributed by atoms with Crippen molar-refractivity contribution in [2.75, 3.05) is 23.8 Å². The molecule has 0 aliphatic carbocycles. The van der Waals surface area contributed by atoms with Gasteiger partial charge in [0.15, 0.2) is 0 Å². The van der Waals surface area contributed by atoms with E-state index >= 15 is 0 Å². The molecule has 1 N–H and O–H groups in total. The van der Waals surface area contributed by atoms with Gasteiger partial charge in [-0.3, -0.25) is 14.4 Å². The molecule has 1 heterocycles. The van der Waals surface area contributed by atoms with Gasteiger partial charge in [-0.05, 0) is 42.8 Å². The van der Waals surface area contributed by atoms with Crippen LogP contribution in [0.2, 0.25) is 0 Å². The molecule has 3 rings (SSSR count). The summed E-state index contributed by atoms with van der Waals surface area (Å²) in [5.74, 6) is 0.0963. The van der Waals surface area contributed by atoms with E-state index in [0.717, 1.165) is 21.2 Å². The van der Waals surface area contributed by atoms with Gasteiger partial charge in [0, 0.05) is 12.6 Å². The van der Waals surface area contributed by atoms with Crippen molar-refractivity contribution >= 4 is 38.1 Å². The Morgan fingerprint density at radius 2 is 1.89 bits per heavy atom. The molecule has 146 valence electrons. The first kappa shape index (κ1) is 19.8. The number of ether oxygens (including phenoxy) is 1. The molecule has 0 unspecified atom stereocenters. The van der Waals surface area contributed by atoms with Crippen LogP contribution in [0.15, 0.2) is 52.9 Å². The summed E-state index contributed by atoms with van der Waals surface area (Å²) in [4.78, 5) is 12.3. The first-order valence-corrected chi connectivity index (χ1v) is 10.4. The monoisotopic (exact) mass is 418 g/mol. The van der Waals surface area contributed by atoms with Gasteiger partial charge in [0.25, 0.3) is 20.3 Å². The summed E-state index contributed by atoms with van der Waals surface area (Å²) in [6, 6.07) is 13.7. The van der Waals surface area contributed by atoms with Crippen LogP contribution < -0.4 is 14.4 Å². The van der Waals surface area contributed by atoms with Gasteiger partial charge in [-0.25, -0.2) is 0 Å². The van der Waals surface area contributed by atoms with E-state index in [1.165, 1.54) is 14.2 Å². The van der Waals surface area contributed by atoms with Crippen LogP contribution in [0.3, 0.4) is 0 Å². The average Bonchev–Trinajstić information content (AvgIpc) is 3.16. The van der Waals surface area contributed by atoms with Crippen molar-refractivity contribution in [3.63, 3.8) is 0 Å². The van der Waals surface area contributed by atoms with Crippen LogP contribution in [0.25, 0.3) is 0 Å².